The van der Waals surface area contributed by atoms with Crippen LogP contribution in [-0.4, -0.2) is 29.4 Å². The number of carbonyl (C=O) groups is 4. The number of nitrogens with one attached hydrogen (secondary N) is 2. The van der Waals surface area contributed by atoms with Gasteiger partial charge < -0.3 is 10.6 Å². The first-order valence-electron chi connectivity index (χ1n) is 13.8. The Morgan fingerprint density at radius 3 is 2.29 bits per heavy atom. The maximum absolute atomic E-state index is 13.5. The molecule has 0 spiro atoms. The van der Waals surface area contributed by atoms with Crippen molar-refractivity contribution in [3.63, 3.8) is 0 Å². The Morgan fingerprint density at radius 2 is 1.63 bits per heavy atom. The predicted octanol–water partition coefficient (Wildman–Crippen LogP) is 5.52. The average molecular weight is 519 g/mol. The van der Waals surface area contributed by atoms with E-state index in [4.69, 9.17) is 0 Å². The van der Waals surface area contributed by atoms with Gasteiger partial charge in [0.25, 0.3) is 0 Å². The summed E-state index contributed by atoms with van der Waals surface area (Å²) in [4.78, 5) is 52.1. The zero-order valence-corrected chi connectivity index (χ0v) is 23.4. The fraction of sp³-hybridized carbons (Fsp3) is 0.500. The molecule has 6 heteroatoms. The Hall–Kier alpha value is -3.28. The van der Waals surface area contributed by atoms with Crippen molar-refractivity contribution in [1.29, 1.82) is 0 Å². The summed E-state index contributed by atoms with van der Waals surface area (Å²) in [6, 6.07) is 14.8. The number of rotatable bonds is 13. The third kappa shape index (κ3) is 8.37. The molecule has 0 saturated carbocycles. The molecule has 3 rings (SSSR count). The molecule has 38 heavy (non-hydrogen) atoms. The summed E-state index contributed by atoms with van der Waals surface area (Å²) in [5.74, 6) is -0.623. The maximum Gasteiger partial charge on any atom is 0.223 e. The molecule has 0 bridgehead atoms. The van der Waals surface area contributed by atoms with Crippen molar-refractivity contribution in [1.82, 2.24) is 10.6 Å². The van der Waals surface area contributed by atoms with Gasteiger partial charge in [0.05, 0.1) is 6.04 Å². The Balaban J connectivity index is 1.65. The van der Waals surface area contributed by atoms with Gasteiger partial charge in [-0.05, 0) is 42.7 Å². The van der Waals surface area contributed by atoms with Crippen molar-refractivity contribution in [2.75, 3.05) is 0 Å². The number of amides is 2. The van der Waals surface area contributed by atoms with Crippen LogP contribution < -0.4 is 10.6 Å². The van der Waals surface area contributed by atoms with E-state index in [1.807, 2.05) is 83.1 Å². The van der Waals surface area contributed by atoms with E-state index in [0.29, 0.717) is 31.4 Å². The molecule has 1 unspecified atom stereocenters. The van der Waals surface area contributed by atoms with E-state index in [2.05, 4.69) is 10.6 Å². The van der Waals surface area contributed by atoms with E-state index in [0.717, 1.165) is 16.7 Å². The third-order valence-corrected chi connectivity index (χ3v) is 7.13. The van der Waals surface area contributed by atoms with Gasteiger partial charge in [0.1, 0.15) is 0 Å². The van der Waals surface area contributed by atoms with E-state index in [1.165, 1.54) is 0 Å². The molecule has 0 aliphatic heterocycles. The van der Waals surface area contributed by atoms with Gasteiger partial charge >= 0.3 is 0 Å². The minimum absolute atomic E-state index is 0.0608. The molecular formula is C32H42N2O4. The van der Waals surface area contributed by atoms with E-state index in [1.54, 1.807) is 0 Å². The molecule has 2 amide bonds. The second-order valence-electron chi connectivity index (χ2n) is 11.6. The zero-order valence-electron chi connectivity index (χ0n) is 23.4. The second-order valence-corrected chi connectivity index (χ2v) is 11.6. The van der Waals surface area contributed by atoms with Gasteiger partial charge in [-0.2, -0.15) is 0 Å². The van der Waals surface area contributed by atoms with Crippen molar-refractivity contribution < 1.29 is 19.2 Å². The number of fused-ring (bicyclic) bond motifs is 1. The van der Waals surface area contributed by atoms with E-state index < -0.39 is 12.0 Å². The number of aryl methyl sites for hydroxylation is 1. The van der Waals surface area contributed by atoms with Gasteiger partial charge in [0.2, 0.25) is 11.8 Å². The fourth-order valence-corrected chi connectivity index (χ4v) is 5.29. The van der Waals surface area contributed by atoms with Gasteiger partial charge in [-0.25, -0.2) is 0 Å². The van der Waals surface area contributed by atoms with E-state index >= 15 is 0 Å². The van der Waals surface area contributed by atoms with Crippen LogP contribution in [0.4, 0.5) is 0 Å². The number of hydrogen-bond donors (Lipinski definition) is 2. The summed E-state index contributed by atoms with van der Waals surface area (Å²) < 4.78 is 0. The Labute approximate surface area is 227 Å². The smallest absolute Gasteiger partial charge is 0.223 e. The molecule has 2 aromatic rings. The van der Waals surface area contributed by atoms with Gasteiger partial charge in [0.15, 0.2) is 11.6 Å². The minimum atomic E-state index is -0.659. The normalized spacial score (nSPS) is 16.3. The molecule has 1 aliphatic carbocycles. The molecule has 0 radical (unpaired) electrons. The summed E-state index contributed by atoms with van der Waals surface area (Å²) in [7, 11) is 0. The van der Waals surface area contributed by atoms with Gasteiger partial charge in [0, 0.05) is 43.2 Å². The van der Waals surface area contributed by atoms with Crippen molar-refractivity contribution in [3.8, 4) is 0 Å². The lowest BCUT2D eigenvalue weighted by Gasteiger charge is -2.24. The SMILES string of the molecule is Cc1ccc2c(c1)C(CC(=O)N[C@@H](CC(C)C)C(=O)C[C@@H](CC(C)C)C(=O)NCc1ccccc1)CC2=O. The first-order valence-corrected chi connectivity index (χ1v) is 13.8. The summed E-state index contributed by atoms with van der Waals surface area (Å²) in [6.45, 7) is 10.5. The van der Waals surface area contributed by atoms with Crippen LogP contribution in [0.5, 0.6) is 0 Å². The second kappa shape index (κ2) is 13.5. The predicted molar refractivity (Wildman–Crippen MR) is 150 cm³/mol. The Kier molecular flexibility index (Phi) is 10.4. The van der Waals surface area contributed by atoms with E-state index in [-0.39, 0.29) is 54.0 Å². The van der Waals surface area contributed by atoms with Crippen LogP contribution >= 0.6 is 0 Å². The molecule has 0 heterocycles. The lowest BCUT2D eigenvalue weighted by Crippen LogP contribution is -2.44. The molecular weight excluding hydrogens is 476 g/mol. The monoisotopic (exact) mass is 518 g/mol. The zero-order chi connectivity index (χ0) is 27.8. The molecule has 0 saturated heterocycles. The van der Waals surface area contributed by atoms with Crippen molar-refractivity contribution >= 4 is 23.4 Å². The molecule has 204 valence electrons. The molecule has 1 aliphatic rings. The maximum atomic E-state index is 13.5. The third-order valence-electron chi connectivity index (χ3n) is 7.13. The van der Waals surface area contributed by atoms with Crippen LogP contribution in [0.2, 0.25) is 0 Å². The highest BCUT2D eigenvalue weighted by Crippen LogP contribution is 2.36. The number of hydrogen-bond acceptors (Lipinski definition) is 4. The van der Waals surface area contributed by atoms with Crippen LogP contribution in [0.1, 0.15) is 92.8 Å². The Morgan fingerprint density at radius 1 is 0.947 bits per heavy atom. The van der Waals surface area contributed by atoms with Crippen LogP contribution in [0.3, 0.4) is 0 Å². The lowest BCUT2D eigenvalue weighted by atomic mass is 9.87. The summed E-state index contributed by atoms with van der Waals surface area (Å²) in [5, 5.41) is 5.95. The van der Waals surface area contributed by atoms with E-state index in [9.17, 15) is 19.2 Å². The largest absolute Gasteiger partial charge is 0.352 e. The van der Waals surface area contributed by atoms with Gasteiger partial charge in [-0.1, -0.05) is 81.8 Å². The summed E-state index contributed by atoms with van der Waals surface area (Å²) >= 11 is 0. The average Bonchev–Trinajstić information content (AvgIpc) is 3.15. The molecule has 0 fully saturated rings. The van der Waals surface area contributed by atoms with Gasteiger partial charge in [-0.3, -0.25) is 19.2 Å². The van der Waals surface area contributed by atoms with Crippen LogP contribution in [-0.2, 0) is 20.9 Å². The van der Waals surface area contributed by atoms with Crippen LogP contribution in [0.25, 0.3) is 0 Å². The van der Waals surface area contributed by atoms with Gasteiger partial charge in [-0.15, -0.1) is 0 Å². The summed E-state index contributed by atoms with van der Waals surface area (Å²) in [6.07, 6.45) is 1.66. The number of carbonyl (C=O) groups excluding carboxylic acids is 4. The summed E-state index contributed by atoms with van der Waals surface area (Å²) in [5.41, 5.74) is 3.67. The number of benzene rings is 2. The first-order chi connectivity index (χ1) is 18.0. The lowest BCUT2D eigenvalue weighted by molar-refractivity contribution is -0.132. The highest BCUT2D eigenvalue weighted by Gasteiger charge is 2.33. The molecule has 2 aromatic carbocycles. The highest BCUT2D eigenvalue weighted by molar-refractivity contribution is 6.02. The standard InChI is InChI=1S/C32H42N2O4/c1-20(2)13-25(32(38)33-19-23-9-7-6-8-10-23)17-30(36)28(14-21(3)4)34-31(37)18-24-16-29(35)26-12-11-22(5)15-27(24)26/h6-12,15,20-21,24-25,28H,13-14,16-19H2,1-5H3,(H,33,38)(H,34,37)/t24?,25-,28+/m1/s1. The minimum Gasteiger partial charge on any atom is -0.352 e. The van der Waals surface area contributed by atoms with Crippen molar-refractivity contribution in [3.05, 3.63) is 70.8 Å². The number of Topliss-reactive ketones (excluding diaryl/α,β-unsaturated/α-hetero) is 2. The topological polar surface area (TPSA) is 92.3 Å². The highest BCUT2D eigenvalue weighted by atomic mass is 16.2. The molecule has 2 N–H and O–H groups in total. The number of ketones is 2. The molecule has 0 aromatic heterocycles. The van der Waals surface area contributed by atoms with Crippen molar-refractivity contribution in [2.45, 2.75) is 85.2 Å². The van der Waals surface area contributed by atoms with Crippen LogP contribution in [0, 0.1) is 24.7 Å². The first kappa shape index (κ1) is 29.3. The molecule has 3 atom stereocenters. The fourth-order valence-electron chi connectivity index (χ4n) is 5.29. The van der Waals surface area contributed by atoms with Crippen molar-refractivity contribution in [2.24, 2.45) is 17.8 Å². The Bertz CT molecular complexity index is 1140. The van der Waals surface area contributed by atoms with Crippen LogP contribution in [0.15, 0.2) is 48.5 Å². The molecule has 6 nitrogen and oxygen atoms in total. The quantitative estimate of drug-likeness (QED) is 0.365.